The van der Waals surface area contributed by atoms with E-state index in [1.807, 2.05) is 24.3 Å². The van der Waals surface area contributed by atoms with Crippen LogP contribution in [0.5, 0.6) is 11.5 Å². The maximum absolute atomic E-state index is 6.49. The summed E-state index contributed by atoms with van der Waals surface area (Å²) in [5.74, 6) is 2.26. The van der Waals surface area contributed by atoms with Gasteiger partial charge in [-0.15, -0.1) is 0 Å². The fourth-order valence-electron chi connectivity index (χ4n) is 4.30. The predicted octanol–water partition coefficient (Wildman–Crippen LogP) is 6.82. The Kier molecular flexibility index (Phi) is 5.22. The molecule has 4 nitrogen and oxygen atoms in total. The Morgan fingerprint density at radius 2 is 1.87 bits per heavy atom. The van der Waals surface area contributed by atoms with E-state index in [9.17, 15) is 0 Å². The fraction of sp³-hybridized carbons (Fsp3) is 0.269. The second kappa shape index (κ2) is 8.04. The van der Waals surface area contributed by atoms with Crippen molar-refractivity contribution in [2.75, 3.05) is 7.11 Å². The first kappa shape index (κ1) is 20.1. The molecule has 2 unspecified atom stereocenters. The van der Waals surface area contributed by atoms with Crippen LogP contribution in [0.1, 0.15) is 60.7 Å². The van der Waals surface area contributed by atoms with E-state index in [2.05, 4.69) is 77.3 Å². The van der Waals surface area contributed by atoms with Crippen LogP contribution in [0, 0.1) is 0 Å². The number of hydrazone groups is 1. The Hall–Kier alpha value is -2.79. The molecule has 31 heavy (non-hydrogen) atoms. The smallest absolute Gasteiger partial charge is 0.213 e. The zero-order valence-electron chi connectivity index (χ0n) is 17.9. The van der Waals surface area contributed by atoms with E-state index in [4.69, 9.17) is 14.6 Å². The Bertz CT molecular complexity index is 1140. The van der Waals surface area contributed by atoms with Gasteiger partial charge in [-0.25, -0.2) is 5.01 Å². The van der Waals surface area contributed by atoms with Gasteiger partial charge >= 0.3 is 0 Å². The summed E-state index contributed by atoms with van der Waals surface area (Å²) in [5.41, 5.74) is 5.72. The van der Waals surface area contributed by atoms with E-state index >= 15 is 0 Å². The minimum absolute atomic E-state index is 0.122. The lowest BCUT2D eigenvalue weighted by molar-refractivity contribution is -0.0190. The normalized spacial score (nSPS) is 19.5. The Balaban J connectivity index is 1.57. The van der Waals surface area contributed by atoms with E-state index in [1.54, 1.807) is 7.11 Å². The third-order valence-corrected chi connectivity index (χ3v) is 6.54. The summed E-state index contributed by atoms with van der Waals surface area (Å²) in [7, 11) is 1.69. The summed E-state index contributed by atoms with van der Waals surface area (Å²) in [4.78, 5) is 0. The quantitative estimate of drug-likeness (QED) is 0.413. The number of ether oxygens (including phenoxy) is 2. The first-order chi connectivity index (χ1) is 15.0. The van der Waals surface area contributed by atoms with E-state index in [0.717, 1.165) is 44.8 Å². The lowest BCUT2D eigenvalue weighted by atomic mass is 9.95. The van der Waals surface area contributed by atoms with Gasteiger partial charge < -0.3 is 9.47 Å². The number of fused-ring (bicyclic) bond motifs is 3. The van der Waals surface area contributed by atoms with Crippen LogP contribution in [0.3, 0.4) is 0 Å². The summed E-state index contributed by atoms with van der Waals surface area (Å²) in [6.07, 6.45) is 0.559. The molecular formula is C26H25BrN2O2. The molecule has 0 radical (unpaired) electrons. The van der Waals surface area contributed by atoms with Crippen LogP contribution in [0.15, 0.2) is 76.3 Å². The molecule has 0 bridgehead atoms. The summed E-state index contributed by atoms with van der Waals surface area (Å²) >= 11 is 3.62. The molecule has 0 N–H and O–H groups in total. The number of nitrogens with zero attached hydrogens (tertiary/aromatic N) is 2. The molecule has 2 atom stereocenters. The number of rotatable bonds is 4. The first-order valence-corrected chi connectivity index (χ1v) is 11.4. The van der Waals surface area contributed by atoms with Crippen molar-refractivity contribution < 1.29 is 9.47 Å². The predicted molar refractivity (Wildman–Crippen MR) is 127 cm³/mol. The molecule has 0 saturated carbocycles. The molecule has 3 aromatic carbocycles. The molecule has 3 aromatic rings. The number of benzene rings is 3. The zero-order valence-corrected chi connectivity index (χ0v) is 19.5. The van der Waals surface area contributed by atoms with Crippen LogP contribution < -0.4 is 9.47 Å². The SMILES string of the molecule is COc1cccc(C2=NN3C(C2)c2cc(Br)ccc2OC3c2ccc(C(C)C)cc2)c1. The zero-order chi connectivity index (χ0) is 21.5. The number of halogens is 1. The highest BCUT2D eigenvalue weighted by molar-refractivity contribution is 9.10. The van der Waals surface area contributed by atoms with Gasteiger partial charge in [0.05, 0.1) is 18.9 Å². The van der Waals surface area contributed by atoms with Crippen LogP contribution in [0.2, 0.25) is 0 Å². The first-order valence-electron chi connectivity index (χ1n) is 10.6. The van der Waals surface area contributed by atoms with Gasteiger partial charge in [0.2, 0.25) is 6.23 Å². The maximum Gasteiger partial charge on any atom is 0.213 e. The van der Waals surface area contributed by atoms with Crippen LogP contribution in [0.25, 0.3) is 0 Å². The van der Waals surface area contributed by atoms with Crippen LogP contribution >= 0.6 is 15.9 Å². The fourth-order valence-corrected chi connectivity index (χ4v) is 4.68. The second-order valence-electron chi connectivity index (χ2n) is 8.35. The lowest BCUT2D eigenvalue weighted by Gasteiger charge is -2.38. The summed E-state index contributed by atoms with van der Waals surface area (Å²) in [6.45, 7) is 4.42. The van der Waals surface area contributed by atoms with Gasteiger partial charge in [0.25, 0.3) is 0 Å². The van der Waals surface area contributed by atoms with E-state index in [-0.39, 0.29) is 12.3 Å². The highest BCUT2D eigenvalue weighted by atomic mass is 79.9. The second-order valence-corrected chi connectivity index (χ2v) is 9.27. The van der Waals surface area contributed by atoms with E-state index < -0.39 is 0 Å². The van der Waals surface area contributed by atoms with Crippen molar-refractivity contribution >= 4 is 21.6 Å². The Labute approximate surface area is 191 Å². The number of hydrogen-bond donors (Lipinski definition) is 0. The van der Waals surface area contributed by atoms with Crippen molar-refractivity contribution in [2.24, 2.45) is 5.10 Å². The van der Waals surface area contributed by atoms with Crippen molar-refractivity contribution in [1.82, 2.24) is 5.01 Å². The van der Waals surface area contributed by atoms with Crippen LogP contribution in [-0.4, -0.2) is 17.8 Å². The largest absolute Gasteiger partial charge is 0.497 e. The molecule has 0 aliphatic carbocycles. The number of hydrogen-bond acceptors (Lipinski definition) is 4. The van der Waals surface area contributed by atoms with Gasteiger partial charge in [0.1, 0.15) is 11.5 Å². The summed E-state index contributed by atoms with van der Waals surface area (Å²) in [6, 6.07) is 23.2. The van der Waals surface area contributed by atoms with Crippen molar-refractivity contribution in [3.8, 4) is 11.5 Å². The molecule has 2 aliphatic rings. The van der Waals surface area contributed by atoms with Crippen LogP contribution in [-0.2, 0) is 0 Å². The molecular weight excluding hydrogens is 452 g/mol. The third-order valence-electron chi connectivity index (χ3n) is 6.04. The van der Waals surface area contributed by atoms with Crippen molar-refractivity contribution in [3.05, 3.63) is 93.5 Å². The Morgan fingerprint density at radius 3 is 2.61 bits per heavy atom. The summed E-state index contributed by atoms with van der Waals surface area (Å²) in [5, 5.41) is 7.17. The average molecular weight is 477 g/mol. The molecule has 0 saturated heterocycles. The Morgan fingerprint density at radius 1 is 1.06 bits per heavy atom. The van der Waals surface area contributed by atoms with E-state index in [1.165, 1.54) is 5.56 Å². The molecule has 5 heteroatoms. The molecule has 0 fully saturated rings. The molecule has 0 aromatic heterocycles. The molecule has 158 valence electrons. The van der Waals surface area contributed by atoms with E-state index in [0.29, 0.717) is 5.92 Å². The van der Waals surface area contributed by atoms with Gasteiger partial charge in [-0.05, 0) is 41.8 Å². The van der Waals surface area contributed by atoms with Gasteiger partial charge in [-0.2, -0.15) is 5.10 Å². The van der Waals surface area contributed by atoms with Crippen LogP contribution in [0.4, 0.5) is 0 Å². The molecule has 2 heterocycles. The number of methoxy groups -OCH3 is 1. The minimum Gasteiger partial charge on any atom is -0.497 e. The standard InChI is InChI=1S/C26H25BrN2O2/c1-16(2)17-7-9-18(10-8-17)26-29-24(22-14-20(27)11-12-25(22)31-26)15-23(28-29)19-5-4-6-21(13-19)30-3/h4-14,16,24,26H,15H2,1-3H3. The summed E-state index contributed by atoms with van der Waals surface area (Å²) < 4.78 is 13.0. The molecule has 0 spiro atoms. The van der Waals surface area contributed by atoms with Gasteiger partial charge in [0.15, 0.2) is 0 Å². The molecule has 5 rings (SSSR count). The third kappa shape index (κ3) is 3.72. The topological polar surface area (TPSA) is 34.1 Å². The lowest BCUT2D eigenvalue weighted by Crippen LogP contribution is -2.33. The van der Waals surface area contributed by atoms with Crippen molar-refractivity contribution in [1.29, 1.82) is 0 Å². The average Bonchev–Trinajstić information content (AvgIpc) is 3.25. The minimum atomic E-state index is -0.261. The highest BCUT2D eigenvalue weighted by Crippen LogP contribution is 2.48. The molecule has 2 aliphatic heterocycles. The molecule has 0 amide bonds. The van der Waals surface area contributed by atoms with Crippen molar-refractivity contribution in [2.45, 2.75) is 38.5 Å². The van der Waals surface area contributed by atoms with Gasteiger partial charge in [-0.3, -0.25) is 0 Å². The monoisotopic (exact) mass is 476 g/mol. The van der Waals surface area contributed by atoms with Gasteiger partial charge in [0, 0.05) is 27.6 Å². The maximum atomic E-state index is 6.49. The highest BCUT2D eigenvalue weighted by Gasteiger charge is 2.41. The van der Waals surface area contributed by atoms with Gasteiger partial charge in [-0.1, -0.05) is 66.2 Å². The van der Waals surface area contributed by atoms with Crippen molar-refractivity contribution in [3.63, 3.8) is 0 Å².